The molecule has 0 unspecified atom stereocenters. The Morgan fingerprint density at radius 3 is 0.921 bits per heavy atom. The molecule has 0 saturated heterocycles. The molecule has 0 bridgehead atoms. The molecular formula is C82H51N7. The number of benzene rings is 13. The Kier molecular flexibility index (Phi) is 10.6. The zero-order valence-electron chi connectivity index (χ0n) is 48.1. The third-order valence-corrected chi connectivity index (χ3v) is 18.5. The Bertz CT molecular complexity index is 5830. The van der Waals surface area contributed by atoms with Gasteiger partial charge in [-0.25, -0.2) is 9.97 Å². The lowest BCUT2D eigenvalue weighted by molar-refractivity contribution is 0.994. The number of hydrogen-bond donors (Lipinski definition) is 0. The second kappa shape index (κ2) is 19.2. The van der Waals surface area contributed by atoms with E-state index in [1.807, 2.05) is 0 Å². The lowest BCUT2D eigenvalue weighted by atomic mass is 10.0. The van der Waals surface area contributed by atoms with E-state index in [2.05, 4.69) is 332 Å². The quantitative estimate of drug-likeness (QED) is 0.152. The van der Waals surface area contributed by atoms with Gasteiger partial charge in [0.1, 0.15) is 0 Å². The van der Waals surface area contributed by atoms with Gasteiger partial charge < -0.3 is 18.3 Å². The van der Waals surface area contributed by atoms with Crippen LogP contribution in [0.3, 0.4) is 0 Å². The summed E-state index contributed by atoms with van der Waals surface area (Å²) in [6, 6.07) is 112. The van der Waals surface area contributed by atoms with E-state index in [9.17, 15) is 0 Å². The van der Waals surface area contributed by atoms with Crippen LogP contribution in [-0.4, -0.2) is 32.8 Å². The van der Waals surface area contributed by atoms with Crippen molar-refractivity contribution in [2.75, 3.05) is 0 Å². The van der Waals surface area contributed by atoms with Crippen LogP contribution in [0.5, 0.6) is 0 Å². The molecule has 7 nitrogen and oxygen atoms in total. The van der Waals surface area contributed by atoms with Crippen LogP contribution < -0.4 is 0 Å². The van der Waals surface area contributed by atoms with Gasteiger partial charge in [-0.05, 0) is 139 Å². The molecule has 89 heavy (non-hydrogen) atoms. The van der Waals surface area contributed by atoms with Crippen molar-refractivity contribution in [3.05, 3.63) is 309 Å². The van der Waals surface area contributed by atoms with Crippen molar-refractivity contribution in [1.82, 2.24) is 32.8 Å². The fourth-order valence-corrected chi connectivity index (χ4v) is 14.6. The highest BCUT2D eigenvalue weighted by molar-refractivity contribution is 6.16. The van der Waals surface area contributed by atoms with Crippen molar-refractivity contribution < 1.29 is 0 Å². The number of fused-ring (bicyclic) bond motifs is 15. The monoisotopic (exact) mass is 1130 g/mol. The van der Waals surface area contributed by atoms with E-state index in [1.54, 1.807) is 0 Å². The van der Waals surface area contributed by atoms with Crippen LogP contribution in [0, 0.1) is 0 Å². The maximum Gasteiger partial charge on any atom is 0.235 e. The Balaban J connectivity index is 0.789. The van der Waals surface area contributed by atoms with Crippen molar-refractivity contribution in [2.24, 2.45) is 0 Å². The Morgan fingerprint density at radius 1 is 0.169 bits per heavy atom. The molecule has 0 radical (unpaired) electrons. The predicted octanol–water partition coefficient (Wildman–Crippen LogP) is 21.0. The molecule has 6 heterocycles. The molecule has 0 spiro atoms. The van der Waals surface area contributed by atoms with Crippen LogP contribution in [0.15, 0.2) is 309 Å². The number of nitrogens with zero attached hydrogens (tertiary/aromatic N) is 7. The highest BCUT2D eigenvalue weighted by Crippen LogP contribution is 2.43. The van der Waals surface area contributed by atoms with Crippen molar-refractivity contribution >= 4 is 109 Å². The Hall–Kier alpha value is -12.1. The minimum absolute atomic E-state index is 0.591. The molecule has 0 saturated carbocycles. The van der Waals surface area contributed by atoms with Gasteiger partial charge in [0.05, 0.1) is 66.6 Å². The van der Waals surface area contributed by atoms with Crippen molar-refractivity contribution in [2.45, 2.75) is 0 Å². The summed E-state index contributed by atoms with van der Waals surface area (Å²) in [7, 11) is 0. The normalized spacial score (nSPS) is 12.0. The van der Waals surface area contributed by atoms with Gasteiger partial charge in [0.25, 0.3) is 0 Å². The van der Waals surface area contributed by atoms with Crippen LogP contribution in [-0.2, 0) is 0 Å². The lowest BCUT2D eigenvalue weighted by Crippen LogP contribution is -2.04. The van der Waals surface area contributed by atoms with Crippen LogP contribution in [0.4, 0.5) is 0 Å². The molecular weight excluding hydrogens is 1080 g/mol. The smallest absolute Gasteiger partial charge is 0.235 e. The molecule has 13 aromatic carbocycles. The molecule has 0 fully saturated rings. The van der Waals surface area contributed by atoms with Crippen molar-refractivity contribution in [3.63, 3.8) is 0 Å². The van der Waals surface area contributed by atoms with Crippen LogP contribution in [0.25, 0.3) is 171 Å². The van der Waals surface area contributed by atoms with E-state index >= 15 is 0 Å². The van der Waals surface area contributed by atoms with E-state index in [0.29, 0.717) is 5.95 Å². The molecule has 19 rings (SSSR count). The molecule has 0 amide bonds. The highest BCUT2D eigenvalue weighted by Gasteiger charge is 2.23. The highest BCUT2D eigenvalue weighted by atomic mass is 15.2. The van der Waals surface area contributed by atoms with E-state index in [1.165, 1.54) is 65.3 Å². The third-order valence-electron chi connectivity index (χ3n) is 18.5. The first kappa shape index (κ1) is 49.2. The maximum atomic E-state index is 5.66. The summed E-state index contributed by atoms with van der Waals surface area (Å²) in [5, 5.41) is 12.0. The maximum absolute atomic E-state index is 5.66. The fraction of sp³-hybridized carbons (Fsp3) is 0. The summed E-state index contributed by atoms with van der Waals surface area (Å²) in [6.45, 7) is 0. The van der Waals surface area contributed by atoms with Gasteiger partial charge in [0.2, 0.25) is 5.95 Å². The number of para-hydroxylation sites is 7. The van der Waals surface area contributed by atoms with Crippen LogP contribution >= 0.6 is 0 Å². The lowest BCUT2D eigenvalue weighted by Gasteiger charge is -2.14. The Morgan fingerprint density at radius 2 is 0.472 bits per heavy atom. The van der Waals surface area contributed by atoms with Gasteiger partial charge in [0.15, 0.2) is 0 Å². The molecule has 0 aliphatic rings. The van der Waals surface area contributed by atoms with Gasteiger partial charge in [-0.3, -0.25) is 4.57 Å². The number of rotatable bonds is 8. The summed E-state index contributed by atoms with van der Waals surface area (Å²) < 4.78 is 11.9. The average molecular weight is 1130 g/mol. The molecule has 7 heteroatoms. The van der Waals surface area contributed by atoms with Crippen LogP contribution in [0.2, 0.25) is 0 Å². The second-order valence-electron chi connectivity index (χ2n) is 23.3. The van der Waals surface area contributed by atoms with Crippen LogP contribution in [0.1, 0.15) is 0 Å². The van der Waals surface area contributed by atoms with Gasteiger partial charge in [0, 0.05) is 87.7 Å². The fourth-order valence-electron chi connectivity index (χ4n) is 14.6. The van der Waals surface area contributed by atoms with E-state index in [0.717, 1.165) is 100 Å². The minimum atomic E-state index is 0.591. The molecule has 0 atom stereocenters. The summed E-state index contributed by atoms with van der Waals surface area (Å²) in [4.78, 5) is 11.2. The average Bonchev–Trinajstić information content (AvgIpc) is 1.88. The molecule has 6 aromatic heterocycles. The van der Waals surface area contributed by atoms with E-state index in [-0.39, 0.29) is 0 Å². The first-order chi connectivity index (χ1) is 44.1. The summed E-state index contributed by atoms with van der Waals surface area (Å²) in [6.07, 6.45) is 0. The Labute approximate surface area is 510 Å². The third kappa shape index (κ3) is 7.46. The zero-order chi connectivity index (χ0) is 58.3. The topological polar surface area (TPSA) is 50.4 Å². The van der Waals surface area contributed by atoms with Gasteiger partial charge >= 0.3 is 0 Å². The van der Waals surface area contributed by atoms with E-state index < -0.39 is 0 Å². The van der Waals surface area contributed by atoms with Gasteiger partial charge in [-0.2, -0.15) is 0 Å². The molecule has 414 valence electrons. The van der Waals surface area contributed by atoms with Crippen molar-refractivity contribution in [3.8, 4) is 62.3 Å². The molecule has 19 aromatic rings. The van der Waals surface area contributed by atoms with Crippen molar-refractivity contribution in [1.29, 1.82) is 0 Å². The first-order valence-electron chi connectivity index (χ1n) is 30.4. The van der Waals surface area contributed by atoms with E-state index in [4.69, 9.17) is 9.97 Å². The molecule has 0 N–H and O–H groups in total. The largest absolute Gasteiger partial charge is 0.309 e. The minimum Gasteiger partial charge on any atom is -0.309 e. The van der Waals surface area contributed by atoms with Gasteiger partial charge in [-0.15, -0.1) is 0 Å². The number of hydrogen-bond acceptors (Lipinski definition) is 2. The zero-order valence-corrected chi connectivity index (χ0v) is 48.1. The summed E-state index contributed by atoms with van der Waals surface area (Å²) >= 11 is 0. The molecule has 0 aliphatic carbocycles. The summed E-state index contributed by atoms with van der Waals surface area (Å²) in [5.41, 5.74) is 21.7. The second-order valence-corrected chi connectivity index (χ2v) is 23.3. The molecule has 0 aliphatic heterocycles. The number of aromatic nitrogens is 7. The predicted molar refractivity (Wildman–Crippen MR) is 370 cm³/mol. The van der Waals surface area contributed by atoms with Gasteiger partial charge in [-0.1, -0.05) is 182 Å². The summed E-state index contributed by atoms with van der Waals surface area (Å²) in [5.74, 6) is 0.591. The standard InChI is InChI=1S/C82H51N7/c1-3-20-52(21-4-1)70-51-71(55-22-19-25-57(46-55)86-77-37-18-12-31-65(77)67-48-54(39-43-79(67)86)53-38-42-78-66(47-53)64-30-11-17-36-76(64)85(78)56-23-5-2-6-24-56)84-82(83-70)89-80-44-40-58(87-72-32-13-7-26-60(72)61-27-8-14-33-73(61)87)49-68(80)69-50-59(41-45-81(69)89)88-74-34-15-9-28-62(74)63-29-10-16-35-75(63)88/h1-51H. The SMILES string of the molecule is c1ccc(-c2cc(-c3cccc(-n4c5ccccc5c5cc(-c6ccc7c(c6)c6ccccc6n7-c6ccccc6)ccc54)c3)nc(-n3c4ccc(-n5c6ccccc6c6ccccc65)cc4c4cc(-n5c6ccccc6c6ccccc65)ccc43)n2)cc1. The first-order valence-corrected chi connectivity index (χ1v) is 30.4.